The Labute approximate surface area is 204 Å². The summed E-state index contributed by atoms with van der Waals surface area (Å²) in [4.78, 5) is 13.9. The monoisotopic (exact) mass is 511 g/mol. The molecule has 35 heavy (non-hydrogen) atoms. The number of hydrogen-bond acceptors (Lipinski definition) is 8. The van der Waals surface area contributed by atoms with E-state index in [0.717, 1.165) is 12.8 Å². The summed E-state index contributed by atoms with van der Waals surface area (Å²) in [6, 6.07) is 7.31. The average Bonchev–Trinajstić information content (AvgIpc) is 2.88. The average molecular weight is 512 g/mol. The lowest BCUT2D eigenvalue weighted by molar-refractivity contribution is 0.0698. The lowest BCUT2D eigenvalue weighted by atomic mass is 10.1. The first-order chi connectivity index (χ1) is 16.8. The third-order valence-electron chi connectivity index (χ3n) is 5.73. The number of unbranched alkanes of at least 4 members (excludes halogenated alkanes) is 1. The van der Waals surface area contributed by atoms with Crippen molar-refractivity contribution >= 4 is 21.6 Å². The van der Waals surface area contributed by atoms with Crippen molar-refractivity contribution in [3.05, 3.63) is 41.7 Å². The number of carbonyl (C=O) groups is 1. The second-order valence-electron chi connectivity index (χ2n) is 7.82. The summed E-state index contributed by atoms with van der Waals surface area (Å²) in [6.45, 7) is 3.29. The van der Waals surface area contributed by atoms with Crippen LogP contribution in [0, 0.1) is 5.82 Å². The molecule has 0 atom stereocenters. The number of ether oxygens (including phenoxy) is 3. The molecule has 192 valence electrons. The van der Waals surface area contributed by atoms with Crippen molar-refractivity contribution in [2.45, 2.75) is 24.7 Å². The quantitative estimate of drug-likeness (QED) is 0.284. The van der Waals surface area contributed by atoms with Crippen molar-refractivity contribution < 1.29 is 37.0 Å². The molecule has 1 saturated heterocycles. The predicted molar refractivity (Wildman–Crippen MR) is 127 cm³/mol. The van der Waals surface area contributed by atoms with Gasteiger partial charge >= 0.3 is 0 Å². The second kappa shape index (κ2) is 11.6. The number of sulfonamides is 1. The van der Waals surface area contributed by atoms with Crippen LogP contribution in [-0.4, -0.2) is 70.8 Å². The molecule has 0 radical (unpaired) electrons. The minimum atomic E-state index is -4.13. The van der Waals surface area contributed by atoms with E-state index in [1.165, 1.54) is 42.2 Å². The van der Waals surface area contributed by atoms with Crippen molar-refractivity contribution in [1.29, 1.82) is 0 Å². The molecule has 12 heteroatoms. The fraction of sp³-hybridized carbons (Fsp3) is 0.435. The molecule has 0 aromatic heterocycles. The minimum absolute atomic E-state index is 0.104. The van der Waals surface area contributed by atoms with E-state index in [-0.39, 0.29) is 40.8 Å². The Morgan fingerprint density at radius 2 is 1.77 bits per heavy atom. The number of rotatable bonds is 10. The Kier molecular flexibility index (Phi) is 8.76. The van der Waals surface area contributed by atoms with E-state index in [1.54, 1.807) is 12.1 Å². The molecule has 1 aliphatic rings. The summed E-state index contributed by atoms with van der Waals surface area (Å²) < 4.78 is 58.4. The third kappa shape index (κ3) is 5.60. The van der Waals surface area contributed by atoms with Crippen molar-refractivity contribution in [2.75, 3.05) is 51.9 Å². The van der Waals surface area contributed by atoms with Crippen LogP contribution >= 0.6 is 0 Å². The molecular weight excluding hydrogens is 481 g/mol. The maximum absolute atomic E-state index is 14.5. The van der Waals surface area contributed by atoms with Gasteiger partial charge in [0.1, 0.15) is 5.56 Å². The van der Waals surface area contributed by atoms with E-state index in [0.29, 0.717) is 25.4 Å². The van der Waals surface area contributed by atoms with Gasteiger partial charge in [0.05, 0.1) is 25.7 Å². The first kappa shape index (κ1) is 26.5. The number of methoxy groups -OCH3 is 2. The van der Waals surface area contributed by atoms with Crippen LogP contribution in [0.1, 0.15) is 30.1 Å². The van der Waals surface area contributed by atoms with Gasteiger partial charge in [-0.3, -0.25) is 10.0 Å². The molecule has 1 amide bonds. The van der Waals surface area contributed by atoms with E-state index in [4.69, 9.17) is 14.2 Å². The van der Waals surface area contributed by atoms with Crippen molar-refractivity contribution in [1.82, 2.24) is 9.79 Å². The molecule has 10 nitrogen and oxygen atoms in total. The van der Waals surface area contributed by atoms with Crippen molar-refractivity contribution in [3.8, 4) is 17.2 Å². The fourth-order valence-corrected chi connectivity index (χ4v) is 5.46. The van der Waals surface area contributed by atoms with E-state index in [1.807, 2.05) is 11.8 Å². The number of hydrogen-bond donors (Lipinski definition) is 2. The molecule has 1 aliphatic heterocycles. The Hall–Kier alpha value is -3.09. The Morgan fingerprint density at radius 3 is 2.34 bits per heavy atom. The van der Waals surface area contributed by atoms with E-state index >= 15 is 0 Å². The third-order valence-corrected chi connectivity index (χ3v) is 7.67. The van der Waals surface area contributed by atoms with Crippen LogP contribution in [0.2, 0.25) is 0 Å². The van der Waals surface area contributed by atoms with Crippen LogP contribution in [0.15, 0.2) is 35.2 Å². The zero-order chi connectivity index (χ0) is 25.6. The van der Waals surface area contributed by atoms with Crippen LogP contribution < -0.4 is 24.6 Å². The number of hydroxylamine groups is 1. The molecule has 1 fully saturated rings. The Morgan fingerprint density at radius 1 is 1.09 bits per heavy atom. The number of halogens is 1. The van der Waals surface area contributed by atoms with Gasteiger partial charge in [0.25, 0.3) is 5.91 Å². The van der Waals surface area contributed by atoms with Crippen LogP contribution in [0.3, 0.4) is 0 Å². The van der Waals surface area contributed by atoms with Gasteiger partial charge in [-0.05, 0) is 30.7 Å². The maximum Gasteiger partial charge on any atom is 0.279 e. The summed E-state index contributed by atoms with van der Waals surface area (Å²) in [6.07, 6.45) is 1.78. The lowest BCUT2D eigenvalue weighted by Crippen LogP contribution is -2.49. The second-order valence-corrected chi connectivity index (χ2v) is 9.73. The summed E-state index contributed by atoms with van der Waals surface area (Å²) >= 11 is 0. The van der Waals surface area contributed by atoms with Crippen LogP contribution in [0.25, 0.3) is 0 Å². The highest BCUT2D eigenvalue weighted by Crippen LogP contribution is 2.37. The predicted octanol–water partition coefficient (Wildman–Crippen LogP) is 2.65. The van der Waals surface area contributed by atoms with Gasteiger partial charge in [-0.15, -0.1) is 0 Å². The Balaban J connectivity index is 1.80. The molecule has 0 unspecified atom stereocenters. The van der Waals surface area contributed by atoms with Crippen LogP contribution in [-0.2, 0) is 10.0 Å². The van der Waals surface area contributed by atoms with Crippen molar-refractivity contribution in [2.24, 2.45) is 0 Å². The summed E-state index contributed by atoms with van der Waals surface area (Å²) in [5.74, 6) is -1.31. The molecule has 0 bridgehead atoms. The number of piperazine rings is 1. The summed E-state index contributed by atoms with van der Waals surface area (Å²) in [5, 5.41) is 9.18. The number of nitrogens with zero attached hydrogens (tertiary/aromatic N) is 2. The molecule has 2 aromatic rings. The van der Waals surface area contributed by atoms with Gasteiger partial charge < -0.3 is 19.1 Å². The van der Waals surface area contributed by atoms with Gasteiger partial charge in [-0.2, -0.15) is 4.31 Å². The van der Waals surface area contributed by atoms with Gasteiger partial charge in [0, 0.05) is 37.9 Å². The van der Waals surface area contributed by atoms with E-state index in [9.17, 15) is 22.8 Å². The number of anilines is 1. The molecule has 0 saturated carbocycles. The normalized spacial score (nSPS) is 14.5. The maximum atomic E-state index is 14.5. The first-order valence-corrected chi connectivity index (χ1v) is 12.6. The topological polar surface area (TPSA) is 118 Å². The molecule has 1 heterocycles. The smallest absolute Gasteiger partial charge is 0.279 e. The lowest BCUT2D eigenvalue weighted by Gasteiger charge is -2.35. The van der Waals surface area contributed by atoms with Gasteiger partial charge in [-0.1, -0.05) is 13.3 Å². The number of benzene rings is 2. The molecular formula is C23H30FN3O7S. The van der Waals surface area contributed by atoms with Crippen LogP contribution in [0.4, 0.5) is 10.1 Å². The number of nitrogens with one attached hydrogen (secondary N) is 1. The highest BCUT2D eigenvalue weighted by Gasteiger charge is 2.34. The zero-order valence-electron chi connectivity index (χ0n) is 19.9. The number of amides is 1. The van der Waals surface area contributed by atoms with Gasteiger partial charge in [0.15, 0.2) is 23.1 Å². The molecule has 0 aliphatic carbocycles. The van der Waals surface area contributed by atoms with E-state index in [2.05, 4.69) is 0 Å². The largest absolute Gasteiger partial charge is 0.493 e. The van der Waals surface area contributed by atoms with Crippen LogP contribution in [0.5, 0.6) is 17.2 Å². The summed E-state index contributed by atoms with van der Waals surface area (Å²) in [5.41, 5.74) is 1.72. The Bertz CT molecular complexity index is 1150. The minimum Gasteiger partial charge on any atom is -0.493 e. The standard InChI is InChI=1S/C23H30FN3O7S/c1-4-5-14-34-18-7-6-16(15-17(18)24)26-10-12-27(13-11-26)35(30,31)20-9-8-19(32-2)22(33-3)21(20)23(28)25-29/h6-9,15,29H,4-5,10-14H2,1-3H3,(H,25,28). The molecule has 0 spiro atoms. The van der Waals surface area contributed by atoms with E-state index < -0.39 is 21.7 Å². The number of carbonyl (C=O) groups excluding carboxylic acids is 1. The van der Waals surface area contributed by atoms with Crippen molar-refractivity contribution in [3.63, 3.8) is 0 Å². The highest BCUT2D eigenvalue weighted by atomic mass is 32.2. The molecule has 2 N–H and O–H groups in total. The molecule has 2 aromatic carbocycles. The SMILES string of the molecule is CCCCOc1ccc(N2CCN(S(=O)(=O)c3ccc(OC)c(OC)c3C(=O)NO)CC2)cc1F. The molecule has 3 rings (SSSR count). The zero-order valence-corrected chi connectivity index (χ0v) is 20.7. The van der Waals surface area contributed by atoms with Gasteiger partial charge in [-0.25, -0.2) is 18.3 Å². The van der Waals surface area contributed by atoms with Gasteiger partial charge in [0.2, 0.25) is 10.0 Å². The first-order valence-electron chi connectivity index (χ1n) is 11.1. The fourth-order valence-electron chi connectivity index (χ4n) is 3.85. The highest BCUT2D eigenvalue weighted by molar-refractivity contribution is 7.89. The summed E-state index contributed by atoms with van der Waals surface area (Å²) in [7, 11) is -1.52.